The smallest absolute Gasteiger partial charge is 0.210 e. The minimum atomic E-state index is -2.26. The second-order valence-electron chi connectivity index (χ2n) is 4.02. The molecular weight excluding hydrogens is 425 g/mol. The lowest BCUT2D eigenvalue weighted by molar-refractivity contribution is 0.149. The van der Waals surface area contributed by atoms with Crippen molar-refractivity contribution in [2.24, 2.45) is 0 Å². The molecule has 0 amide bonds. The molecule has 0 N–H and O–H groups in total. The molecule has 0 unspecified atom stereocenters. The van der Waals surface area contributed by atoms with Crippen LogP contribution in [0, 0.1) is 10.5 Å². The molecule has 0 atom stereocenters. The van der Waals surface area contributed by atoms with Gasteiger partial charge in [-0.05, 0) is 59.3 Å². The summed E-state index contributed by atoms with van der Waals surface area (Å²) in [5, 5.41) is 0. The Labute approximate surface area is 134 Å². The van der Waals surface area contributed by atoms with Gasteiger partial charge in [0.25, 0.3) is 0 Å². The monoisotopic (exact) mass is 438 g/mol. The summed E-state index contributed by atoms with van der Waals surface area (Å²) >= 11 is 5.50. The molecule has 19 heavy (non-hydrogen) atoms. The molecule has 4 heteroatoms. The first-order chi connectivity index (χ1) is 8.97. The molecule has 0 aliphatic rings. The minimum absolute atomic E-state index is 0.167. The molecule has 102 valence electrons. The lowest BCUT2D eigenvalue weighted by atomic mass is 10.2. The highest BCUT2D eigenvalue weighted by Crippen LogP contribution is 2.14. The number of benzene rings is 2. The van der Waals surface area contributed by atoms with Crippen molar-refractivity contribution in [3.63, 3.8) is 0 Å². The van der Waals surface area contributed by atoms with E-state index in [0.29, 0.717) is 5.56 Å². The van der Waals surface area contributed by atoms with Crippen LogP contribution >= 0.6 is 38.5 Å². The van der Waals surface area contributed by atoms with Crippen LogP contribution in [0.5, 0.6) is 0 Å². The van der Waals surface area contributed by atoms with Crippen molar-refractivity contribution in [3.05, 3.63) is 67.7 Å². The van der Waals surface area contributed by atoms with Gasteiger partial charge in [0.15, 0.2) is 0 Å². The van der Waals surface area contributed by atoms with E-state index >= 15 is 0 Å². The Balaban J connectivity index is 0.000000200. The molecule has 0 aromatic heterocycles. The summed E-state index contributed by atoms with van der Waals surface area (Å²) in [6, 6.07) is 15.4. The molecule has 0 nitrogen and oxygen atoms in total. The predicted molar refractivity (Wildman–Crippen MR) is 87.7 cm³/mol. The van der Waals surface area contributed by atoms with E-state index in [0.717, 1.165) is 4.47 Å². The van der Waals surface area contributed by atoms with Crippen molar-refractivity contribution >= 4 is 38.5 Å². The van der Waals surface area contributed by atoms with Crippen molar-refractivity contribution in [2.45, 2.75) is 19.8 Å². The summed E-state index contributed by atoms with van der Waals surface area (Å²) in [5.74, 6) is 0. The Morgan fingerprint density at radius 3 is 2.21 bits per heavy atom. The summed E-state index contributed by atoms with van der Waals surface area (Å²) in [4.78, 5) is 0. The minimum Gasteiger partial charge on any atom is -0.210 e. The first-order valence-corrected chi connectivity index (χ1v) is 7.59. The zero-order valence-corrected chi connectivity index (χ0v) is 14.2. The van der Waals surface area contributed by atoms with Gasteiger partial charge < -0.3 is 0 Å². The van der Waals surface area contributed by atoms with E-state index in [4.69, 9.17) is 0 Å². The lowest BCUT2D eigenvalue weighted by Gasteiger charge is -1.99. The van der Waals surface area contributed by atoms with Crippen molar-refractivity contribution < 1.29 is 8.78 Å². The zero-order chi connectivity index (χ0) is 14.3. The molecule has 2 aromatic carbocycles. The zero-order valence-electron chi connectivity index (χ0n) is 10.4. The fourth-order valence-corrected chi connectivity index (χ4v) is 2.18. The molecule has 0 bridgehead atoms. The molecule has 0 radical (unpaired) electrons. The Morgan fingerprint density at radius 2 is 1.74 bits per heavy atom. The fraction of sp³-hybridized carbons (Fsp3) is 0.200. The number of aryl methyl sites for hydroxylation is 1. The van der Waals surface area contributed by atoms with Crippen LogP contribution in [-0.2, 0) is 6.42 Å². The van der Waals surface area contributed by atoms with Crippen molar-refractivity contribution in [2.75, 3.05) is 0 Å². The maximum absolute atomic E-state index is 11.8. The molecule has 0 aliphatic carbocycles. The first-order valence-electron chi connectivity index (χ1n) is 5.72. The van der Waals surface area contributed by atoms with Gasteiger partial charge in [-0.1, -0.05) is 45.8 Å². The van der Waals surface area contributed by atoms with Crippen LogP contribution in [0.4, 0.5) is 8.78 Å². The predicted octanol–water partition coefficient (Wildman–Crippen LogP) is 5.86. The van der Waals surface area contributed by atoms with Gasteiger partial charge in [0.05, 0.1) is 0 Å². The Kier molecular flexibility index (Phi) is 7.53. The molecule has 0 fully saturated rings. The molecule has 0 heterocycles. The number of halogens is 4. The second kappa shape index (κ2) is 8.64. The van der Waals surface area contributed by atoms with Gasteiger partial charge >= 0.3 is 0 Å². The third-order valence-corrected chi connectivity index (χ3v) is 3.50. The summed E-state index contributed by atoms with van der Waals surface area (Å²) in [5.41, 5.74) is 1.99. The van der Waals surface area contributed by atoms with Crippen LogP contribution in [0.1, 0.15) is 11.1 Å². The molecule has 0 saturated heterocycles. The summed E-state index contributed by atoms with van der Waals surface area (Å²) in [6.07, 6.45) is -2.43. The number of rotatable bonds is 2. The quantitative estimate of drug-likeness (QED) is 0.515. The molecule has 0 saturated carbocycles. The molecule has 0 aliphatic heterocycles. The topological polar surface area (TPSA) is 0 Å². The van der Waals surface area contributed by atoms with Gasteiger partial charge in [-0.3, -0.25) is 0 Å². The number of hydrogen-bond donors (Lipinski definition) is 0. The van der Waals surface area contributed by atoms with Crippen LogP contribution in [-0.4, -0.2) is 6.43 Å². The van der Waals surface area contributed by atoms with Crippen LogP contribution in [0.15, 0.2) is 53.0 Å². The average molecular weight is 439 g/mol. The van der Waals surface area contributed by atoms with Crippen LogP contribution in [0.3, 0.4) is 0 Å². The third-order valence-electron chi connectivity index (χ3n) is 2.29. The average Bonchev–Trinajstić information content (AvgIpc) is 2.33. The summed E-state index contributed by atoms with van der Waals surface area (Å²) in [7, 11) is 0. The first kappa shape index (κ1) is 16.6. The highest BCUT2D eigenvalue weighted by atomic mass is 127. The van der Waals surface area contributed by atoms with Crippen LogP contribution < -0.4 is 0 Å². The van der Waals surface area contributed by atoms with E-state index in [2.05, 4.69) is 69.7 Å². The SMILES string of the molecule is Cc1ccc(I)cc1.FC(F)Cc1cccc(Br)c1. The van der Waals surface area contributed by atoms with Gasteiger partial charge in [0.1, 0.15) is 0 Å². The van der Waals surface area contributed by atoms with E-state index < -0.39 is 6.43 Å². The maximum atomic E-state index is 11.8. The third kappa shape index (κ3) is 7.62. The van der Waals surface area contributed by atoms with E-state index in [1.807, 2.05) is 6.07 Å². The van der Waals surface area contributed by atoms with E-state index in [-0.39, 0.29) is 6.42 Å². The highest BCUT2D eigenvalue weighted by molar-refractivity contribution is 14.1. The second-order valence-corrected chi connectivity index (χ2v) is 6.18. The van der Waals surface area contributed by atoms with Crippen LogP contribution in [0.25, 0.3) is 0 Å². The standard InChI is InChI=1S/C8H7BrF2.C7H7I/c9-7-3-1-2-6(4-7)5-8(10)11;1-6-2-4-7(8)5-3-6/h1-4,8H,5H2;2-5H,1H3. The van der Waals surface area contributed by atoms with Gasteiger partial charge in [-0.25, -0.2) is 8.78 Å². The normalized spacial score (nSPS) is 10.0. The van der Waals surface area contributed by atoms with Gasteiger partial charge in [-0.15, -0.1) is 0 Å². The molecule has 2 aromatic rings. The molecular formula is C15H14BrF2I. The molecule has 0 spiro atoms. The van der Waals surface area contributed by atoms with E-state index in [1.165, 1.54) is 9.13 Å². The summed E-state index contributed by atoms with van der Waals surface area (Å²) < 4.78 is 25.8. The summed E-state index contributed by atoms with van der Waals surface area (Å²) in [6.45, 7) is 2.09. The van der Waals surface area contributed by atoms with Gasteiger partial charge in [-0.2, -0.15) is 0 Å². The number of hydrogen-bond acceptors (Lipinski definition) is 0. The lowest BCUT2D eigenvalue weighted by Crippen LogP contribution is -1.95. The van der Waals surface area contributed by atoms with E-state index in [9.17, 15) is 8.78 Å². The van der Waals surface area contributed by atoms with Crippen molar-refractivity contribution in [1.82, 2.24) is 0 Å². The Hall–Kier alpha value is -0.490. The van der Waals surface area contributed by atoms with Gasteiger partial charge in [0, 0.05) is 14.5 Å². The molecule has 2 rings (SSSR count). The van der Waals surface area contributed by atoms with Crippen LogP contribution in [0.2, 0.25) is 0 Å². The Bertz CT molecular complexity index is 477. The van der Waals surface area contributed by atoms with E-state index in [1.54, 1.807) is 18.2 Å². The van der Waals surface area contributed by atoms with Crippen molar-refractivity contribution in [3.8, 4) is 0 Å². The maximum Gasteiger partial charge on any atom is 0.242 e. The highest BCUT2D eigenvalue weighted by Gasteiger charge is 2.03. The number of alkyl halides is 2. The Morgan fingerprint density at radius 1 is 1.11 bits per heavy atom. The fourth-order valence-electron chi connectivity index (χ4n) is 1.38. The largest absolute Gasteiger partial charge is 0.242 e. The van der Waals surface area contributed by atoms with Crippen molar-refractivity contribution in [1.29, 1.82) is 0 Å². The van der Waals surface area contributed by atoms with Gasteiger partial charge in [0.2, 0.25) is 6.43 Å².